The van der Waals surface area contributed by atoms with Crippen LogP contribution in [0.25, 0.3) is 0 Å². The van der Waals surface area contributed by atoms with E-state index >= 15 is 0 Å². The number of hydrogen-bond donors (Lipinski definition) is 0. The predicted molar refractivity (Wildman–Crippen MR) is 99.0 cm³/mol. The summed E-state index contributed by atoms with van der Waals surface area (Å²) in [5, 5.41) is 0.725. The molecule has 0 aliphatic carbocycles. The van der Waals surface area contributed by atoms with E-state index in [0.717, 1.165) is 24.3 Å². The van der Waals surface area contributed by atoms with Gasteiger partial charge in [0, 0.05) is 23.0 Å². The number of rotatable bonds is 3. The Morgan fingerprint density at radius 3 is 2.52 bits per heavy atom. The fourth-order valence-electron chi connectivity index (χ4n) is 4.51. The third kappa shape index (κ3) is 3.19. The molecule has 2 bridgehead atoms. The maximum Gasteiger partial charge on any atom is 0.316 e. The number of halogens is 1. The molecule has 4 atom stereocenters. The molecule has 2 aromatic rings. The van der Waals surface area contributed by atoms with Gasteiger partial charge in [-0.1, -0.05) is 41.9 Å². The maximum atomic E-state index is 13.1. The first-order valence-electron chi connectivity index (χ1n) is 8.87. The summed E-state index contributed by atoms with van der Waals surface area (Å²) in [5.74, 6) is 0.529. The Balaban J connectivity index is 1.64. The van der Waals surface area contributed by atoms with Crippen molar-refractivity contribution in [1.29, 1.82) is 0 Å². The van der Waals surface area contributed by atoms with Crippen molar-refractivity contribution in [2.45, 2.75) is 37.3 Å². The van der Waals surface area contributed by atoms with Crippen LogP contribution in [-0.4, -0.2) is 30.0 Å². The first-order chi connectivity index (χ1) is 12.1. The molecule has 0 amide bonds. The van der Waals surface area contributed by atoms with Crippen molar-refractivity contribution in [3.05, 3.63) is 65.2 Å². The normalized spacial score (nSPS) is 28.7. The second-order valence-corrected chi connectivity index (χ2v) is 7.55. The zero-order chi connectivity index (χ0) is 17.4. The lowest BCUT2D eigenvalue weighted by Gasteiger charge is -2.41. The first-order valence-corrected chi connectivity index (χ1v) is 9.25. The van der Waals surface area contributed by atoms with Gasteiger partial charge in [0.25, 0.3) is 0 Å². The highest BCUT2D eigenvalue weighted by molar-refractivity contribution is 6.30. The van der Waals surface area contributed by atoms with Crippen LogP contribution in [0.1, 0.15) is 30.7 Å². The van der Waals surface area contributed by atoms with Crippen molar-refractivity contribution in [3.8, 4) is 5.75 Å². The molecule has 0 spiro atoms. The Bertz CT molecular complexity index is 746. The molecule has 0 aromatic heterocycles. The van der Waals surface area contributed by atoms with Crippen LogP contribution < -0.4 is 4.74 Å². The van der Waals surface area contributed by atoms with Crippen LogP contribution in [0.4, 0.5) is 0 Å². The number of esters is 1. The van der Waals surface area contributed by atoms with Crippen molar-refractivity contribution in [1.82, 2.24) is 4.90 Å². The molecule has 2 heterocycles. The predicted octanol–water partition coefficient (Wildman–Crippen LogP) is 4.51. The molecule has 3 nitrogen and oxygen atoms in total. The van der Waals surface area contributed by atoms with Gasteiger partial charge in [0.1, 0.15) is 5.75 Å². The highest BCUT2D eigenvalue weighted by atomic mass is 35.5. The Kier molecular flexibility index (Phi) is 4.53. The summed E-state index contributed by atoms with van der Waals surface area (Å²) in [4.78, 5) is 15.5. The average molecular weight is 356 g/mol. The van der Waals surface area contributed by atoms with E-state index in [-0.39, 0.29) is 23.8 Å². The van der Waals surface area contributed by atoms with E-state index < -0.39 is 0 Å². The van der Waals surface area contributed by atoms with Gasteiger partial charge in [-0.3, -0.25) is 9.69 Å². The number of piperidine rings is 1. The van der Waals surface area contributed by atoms with Gasteiger partial charge in [0.05, 0.1) is 5.92 Å². The number of carbonyl (C=O) groups is 1. The summed E-state index contributed by atoms with van der Waals surface area (Å²) in [5.41, 5.74) is 1.18. The highest BCUT2D eigenvalue weighted by Gasteiger charge is 2.49. The van der Waals surface area contributed by atoms with Crippen molar-refractivity contribution in [3.63, 3.8) is 0 Å². The number of nitrogens with zero attached hydrogens (tertiary/aromatic N) is 1. The van der Waals surface area contributed by atoms with E-state index in [4.69, 9.17) is 16.3 Å². The fraction of sp³-hybridized carbons (Fsp3) is 0.381. The van der Waals surface area contributed by atoms with Gasteiger partial charge >= 0.3 is 5.97 Å². The second kappa shape index (κ2) is 6.81. The topological polar surface area (TPSA) is 29.5 Å². The molecule has 25 heavy (non-hydrogen) atoms. The zero-order valence-electron chi connectivity index (χ0n) is 14.3. The second-order valence-electron chi connectivity index (χ2n) is 7.12. The van der Waals surface area contributed by atoms with E-state index in [0.29, 0.717) is 11.8 Å². The number of benzene rings is 2. The SMILES string of the molecule is CN1C2CC[C@H]1C[C@H](c1ccc(Cl)cc1)C2C(=O)Oc1ccccc1. The molecule has 4 rings (SSSR count). The standard InChI is InChI=1S/C21H22ClNO2/c1-23-16-11-12-19(23)20(21(24)25-17-5-3-2-4-6-17)18(13-16)14-7-9-15(22)10-8-14/h2-10,16,18-20H,11-13H2,1H3/t16-,18+,19?,20?/m0/s1. The van der Waals surface area contributed by atoms with Gasteiger partial charge in [-0.15, -0.1) is 0 Å². The summed E-state index contributed by atoms with van der Waals surface area (Å²) in [6.07, 6.45) is 3.20. The molecular weight excluding hydrogens is 334 g/mol. The van der Waals surface area contributed by atoms with Crippen LogP contribution in [0.5, 0.6) is 5.75 Å². The van der Waals surface area contributed by atoms with Crippen LogP contribution in [0.2, 0.25) is 5.02 Å². The lowest BCUT2D eigenvalue weighted by atomic mass is 9.76. The molecule has 0 N–H and O–H groups in total. The summed E-state index contributed by atoms with van der Waals surface area (Å²) < 4.78 is 5.74. The Hall–Kier alpha value is -1.84. The van der Waals surface area contributed by atoms with Crippen LogP contribution >= 0.6 is 11.6 Å². The third-order valence-electron chi connectivity index (χ3n) is 5.80. The van der Waals surface area contributed by atoms with E-state index in [1.807, 2.05) is 42.5 Å². The molecule has 2 fully saturated rings. The van der Waals surface area contributed by atoms with Crippen molar-refractivity contribution < 1.29 is 9.53 Å². The lowest BCUT2D eigenvalue weighted by molar-refractivity contribution is -0.143. The smallest absolute Gasteiger partial charge is 0.316 e. The minimum atomic E-state index is -0.148. The van der Waals surface area contributed by atoms with Crippen LogP contribution in [0, 0.1) is 5.92 Å². The Labute approximate surface area is 153 Å². The zero-order valence-corrected chi connectivity index (χ0v) is 15.0. The number of ether oxygens (including phenoxy) is 1. The van der Waals surface area contributed by atoms with Crippen LogP contribution in [-0.2, 0) is 4.79 Å². The Morgan fingerprint density at radius 1 is 1.08 bits per heavy atom. The molecule has 4 heteroatoms. The number of hydrogen-bond acceptors (Lipinski definition) is 3. The van der Waals surface area contributed by atoms with Gasteiger partial charge < -0.3 is 4.74 Å². The van der Waals surface area contributed by atoms with Crippen LogP contribution in [0.15, 0.2) is 54.6 Å². The quantitative estimate of drug-likeness (QED) is 0.599. The van der Waals surface area contributed by atoms with E-state index in [9.17, 15) is 4.79 Å². The van der Waals surface area contributed by atoms with E-state index in [1.165, 1.54) is 5.56 Å². The molecule has 130 valence electrons. The summed E-state index contributed by atoms with van der Waals surface area (Å²) in [6, 6.07) is 18.1. The average Bonchev–Trinajstić information content (AvgIpc) is 2.86. The molecule has 2 aliphatic heterocycles. The first kappa shape index (κ1) is 16.6. The summed E-state index contributed by atoms with van der Waals surface area (Å²) in [6.45, 7) is 0. The number of carbonyl (C=O) groups excluding carboxylic acids is 1. The summed E-state index contributed by atoms with van der Waals surface area (Å²) in [7, 11) is 2.14. The molecular formula is C21H22ClNO2. The number of fused-ring (bicyclic) bond motifs is 2. The molecule has 2 saturated heterocycles. The van der Waals surface area contributed by atoms with Crippen molar-refractivity contribution in [2.75, 3.05) is 7.05 Å². The fourth-order valence-corrected chi connectivity index (χ4v) is 4.64. The van der Waals surface area contributed by atoms with Gasteiger partial charge in [0.2, 0.25) is 0 Å². The van der Waals surface area contributed by atoms with E-state index in [2.05, 4.69) is 24.1 Å². The molecule has 2 unspecified atom stereocenters. The molecule has 2 aromatic carbocycles. The number of para-hydroxylation sites is 1. The minimum Gasteiger partial charge on any atom is -0.426 e. The molecule has 0 radical (unpaired) electrons. The minimum absolute atomic E-state index is 0.122. The van der Waals surface area contributed by atoms with Gasteiger partial charge in [-0.25, -0.2) is 0 Å². The van der Waals surface area contributed by atoms with Gasteiger partial charge in [-0.05, 0) is 56.1 Å². The van der Waals surface area contributed by atoms with Crippen molar-refractivity contribution >= 4 is 17.6 Å². The molecule has 0 saturated carbocycles. The largest absolute Gasteiger partial charge is 0.426 e. The monoisotopic (exact) mass is 355 g/mol. The third-order valence-corrected chi connectivity index (χ3v) is 6.05. The van der Waals surface area contributed by atoms with Crippen LogP contribution in [0.3, 0.4) is 0 Å². The lowest BCUT2D eigenvalue weighted by Crippen LogP contribution is -2.49. The Morgan fingerprint density at radius 2 is 1.80 bits per heavy atom. The van der Waals surface area contributed by atoms with E-state index in [1.54, 1.807) is 0 Å². The maximum absolute atomic E-state index is 13.1. The molecule has 2 aliphatic rings. The van der Waals surface area contributed by atoms with Gasteiger partial charge in [-0.2, -0.15) is 0 Å². The summed E-state index contributed by atoms with van der Waals surface area (Å²) >= 11 is 6.05. The highest BCUT2D eigenvalue weighted by Crippen LogP contribution is 2.46. The van der Waals surface area contributed by atoms with Crippen molar-refractivity contribution in [2.24, 2.45) is 5.92 Å². The van der Waals surface area contributed by atoms with Gasteiger partial charge in [0.15, 0.2) is 0 Å².